The van der Waals surface area contributed by atoms with Crippen LogP contribution in [0.25, 0.3) is 0 Å². The molecule has 0 unspecified atom stereocenters. The number of amides is 1. The quantitative estimate of drug-likeness (QED) is 0.331. The van der Waals surface area contributed by atoms with Crippen LogP contribution in [0.1, 0.15) is 32.1 Å². The maximum Gasteiger partial charge on any atom is 0.235 e. The van der Waals surface area contributed by atoms with Gasteiger partial charge in [0, 0.05) is 19.5 Å². The Bertz CT molecular complexity index is 215. The minimum Gasteiger partial charge on any atom is -0.389 e. The third-order valence-electron chi connectivity index (χ3n) is 2.98. The largest absolute Gasteiger partial charge is 0.389 e. The predicted octanol–water partition coefficient (Wildman–Crippen LogP) is -0.397. The molecule has 88 valence electrons. The first-order chi connectivity index (χ1) is 7.06. The van der Waals surface area contributed by atoms with Gasteiger partial charge in [-0.15, -0.1) is 0 Å². The van der Waals surface area contributed by atoms with Gasteiger partial charge in [-0.3, -0.25) is 10.2 Å². The highest BCUT2D eigenvalue weighted by Gasteiger charge is 2.31. The van der Waals surface area contributed by atoms with Crippen LogP contribution in [0, 0.1) is 0 Å². The lowest BCUT2D eigenvalue weighted by atomic mass is 10.0. The fourth-order valence-corrected chi connectivity index (χ4v) is 2.14. The highest BCUT2D eigenvalue weighted by molar-refractivity contribution is 5.75. The predicted molar refractivity (Wildman–Crippen MR) is 57.9 cm³/mol. The number of hydrogen-bond donors (Lipinski definition) is 3. The van der Waals surface area contributed by atoms with Crippen LogP contribution in [0.15, 0.2) is 0 Å². The molecule has 0 spiro atoms. The second kappa shape index (κ2) is 5.44. The first kappa shape index (κ1) is 12.4. The van der Waals surface area contributed by atoms with E-state index in [0.717, 1.165) is 25.7 Å². The fraction of sp³-hybridized carbons (Fsp3) is 0.900. The van der Waals surface area contributed by atoms with Crippen LogP contribution in [-0.4, -0.2) is 41.7 Å². The number of nitrogens with zero attached hydrogens (tertiary/aromatic N) is 1. The molecule has 1 aliphatic rings. The number of carbonyl (C=O) groups is 1. The second-order valence-corrected chi connectivity index (χ2v) is 4.49. The Balaban J connectivity index is 2.23. The zero-order valence-corrected chi connectivity index (χ0v) is 9.33. The van der Waals surface area contributed by atoms with Crippen molar-refractivity contribution in [1.29, 1.82) is 0 Å². The van der Waals surface area contributed by atoms with Gasteiger partial charge in [0.05, 0.1) is 5.60 Å². The van der Waals surface area contributed by atoms with E-state index < -0.39 is 5.60 Å². The van der Waals surface area contributed by atoms with E-state index in [1.807, 2.05) is 11.9 Å². The number of carbonyl (C=O) groups excluding carboxylic acids is 1. The van der Waals surface area contributed by atoms with Gasteiger partial charge in [0.2, 0.25) is 5.91 Å². The Morgan fingerprint density at radius 1 is 1.53 bits per heavy atom. The van der Waals surface area contributed by atoms with Crippen molar-refractivity contribution in [1.82, 2.24) is 10.3 Å². The molecule has 0 heterocycles. The zero-order chi connectivity index (χ0) is 11.3. The maximum atomic E-state index is 10.9. The minimum absolute atomic E-state index is 0.166. The van der Waals surface area contributed by atoms with E-state index >= 15 is 0 Å². The number of likely N-dealkylation sites (N-methyl/N-ethyl adjacent to an activating group) is 1. The summed E-state index contributed by atoms with van der Waals surface area (Å²) in [6.07, 6.45) is 4.34. The van der Waals surface area contributed by atoms with Crippen LogP contribution in [0.4, 0.5) is 0 Å². The molecule has 5 heteroatoms. The van der Waals surface area contributed by atoms with Crippen molar-refractivity contribution >= 4 is 5.91 Å². The number of hydrazine groups is 1. The third-order valence-corrected chi connectivity index (χ3v) is 2.98. The summed E-state index contributed by atoms with van der Waals surface area (Å²) in [5.74, 6) is 4.81. The molecule has 1 fully saturated rings. The van der Waals surface area contributed by atoms with Gasteiger partial charge in [-0.05, 0) is 19.9 Å². The van der Waals surface area contributed by atoms with Crippen molar-refractivity contribution in [2.75, 3.05) is 20.1 Å². The Labute approximate surface area is 90.6 Å². The Morgan fingerprint density at radius 3 is 2.67 bits per heavy atom. The van der Waals surface area contributed by atoms with E-state index in [9.17, 15) is 9.90 Å². The van der Waals surface area contributed by atoms with E-state index in [2.05, 4.69) is 5.43 Å². The van der Waals surface area contributed by atoms with Gasteiger partial charge >= 0.3 is 0 Å². The Hall–Kier alpha value is -0.650. The third kappa shape index (κ3) is 4.15. The van der Waals surface area contributed by atoms with Crippen LogP contribution in [-0.2, 0) is 4.79 Å². The number of nitrogens with two attached hydrogens (primary N) is 1. The van der Waals surface area contributed by atoms with Crippen LogP contribution in [0.5, 0.6) is 0 Å². The number of nitrogens with one attached hydrogen (secondary N) is 1. The molecule has 0 radical (unpaired) electrons. The molecule has 1 saturated carbocycles. The molecule has 0 saturated heterocycles. The summed E-state index contributed by atoms with van der Waals surface area (Å²) in [6, 6.07) is 0. The highest BCUT2D eigenvalue weighted by Crippen LogP contribution is 2.29. The summed E-state index contributed by atoms with van der Waals surface area (Å²) < 4.78 is 0. The summed E-state index contributed by atoms with van der Waals surface area (Å²) in [6.45, 7) is 1.27. The molecule has 15 heavy (non-hydrogen) atoms. The summed E-state index contributed by atoms with van der Waals surface area (Å²) >= 11 is 0. The van der Waals surface area contributed by atoms with Crippen molar-refractivity contribution < 1.29 is 9.90 Å². The van der Waals surface area contributed by atoms with Gasteiger partial charge in [-0.1, -0.05) is 12.8 Å². The van der Waals surface area contributed by atoms with Gasteiger partial charge in [-0.25, -0.2) is 5.84 Å². The lowest BCUT2D eigenvalue weighted by Gasteiger charge is -2.28. The maximum absolute atomic E-state index is 10.9. The molecule has 0 aromatic rings. The molecule has 0 aromatic heterocycles. The van der Waals surface area contributed by atoms with E-state index in [4.69, 9.17) is 5.84 Å². The topological polar surface area (TPSA) is 78.6 Å². The van der Waals surface area contributed by atoms with E-state index in [-0.39, 0.29) is 5.91 Å². The standard InChI is InChI=1S/C10H21N3O2/c1-13(7-4-9(14)12-11)8-10(15)5-2-3-6-10/h15H,2-8,11H2,1H3,(H,12,14). The Kier molecular flexibility index (Phi) is 4.50. The zero-order valence-electron chi connectivity index (χ0n) is 9.33. The molecule has 1 rings (SSSR count). The van der Waals surface area contributed by atoms with Gasteiger partial charge < -0.3 is 10.0 Å². The monoisotopic (exact) mass is 215 g/mol. The number of aliphatic hydroxyl groups is 1. The molecule has 0 atom stereocenters. The number of hydrogen-bond acceptors (Lipinski definition) is 4. The van der Waals surface area contributed by atoms with E-state index in [1.165, 1.54) is 0 Å². The summed E-state index contributed by atoms with van der Waals surface area (Å²) in [7, 11) is 1.92. The fourth-order valence-electron chi connectivity index (χ4n) is 2.14. The molecule has 0 bridgehead atoms. The lowest BCUT2D eigenvalue weighted by Crippen LogP contribution is -2.41. The molecule has 1 aliphatic carbocycles. The van der Waals surface area contributed by atoms with Crippen LogP contribution in [0.2, 0.25) is 0 Å². The van der Waals surface area contributed by atoms with E-state index in [0.29, 0.717) is 19.5 Å². The van der Waals surface area contributed by atoms with Gasteiger partial charge in [-0.2, -0.15) is 0 Å². The minimum atomic E-state index is -0.534. The Morgan fingerprint density at radius 2 is 2.13 bits per heavy atom. The SMILES string of the molecule is CN(CCC(=O)NN)CC1(O)CCCC1. The van der Waals surface area contributed by atoms with Crippen LogP contribution < -0.4 is 11.3 Å². The molecule has 1 amide bonds. The van der Waals surface area contributed by atoms with Crippen molar-refractivity contribution in [3.05, 3.63) is 0 Å². The smallest absolute Gasteiger partial charge is 0.235 e. The van der Waals surface area contributed by atoms with Crippen molar-refractivity contribution in [2.45, 2.75) is 37.7 Å². The van der Waals surface area contributed by atoms with Crippen LogP contribution in [0.3, 0.4) is 0 Å². The average Bonchev–Trinajstić information content (AvgIpc) is 2.61. The van der Waals surface area contributed by atoms with Gasteiger partial charge in [0.15, 0.2) is 0 Å². The first-order valence-corrected chi connectivity index (χ1v) is 5.46. The van der Waals surface area contributed by atoms with Crippen LogP contribution >= 0.6 is 0 Å². The van der Waals surface area contributed by atoms with Crippen molar-refractivity contribution in [3.63, 3.8) is 0 Å². The molecule has 0 aromatic carbocycles. The van der Waals surface area contributed by atoms with E-state index in [1.54, 1.807) is 0 Å². The van der Waals surface area contributed by atoms with Crippen molar-refractivity contribution in [3.8, 4) is 0 Å². The number of rotatable bonds is 5. The van der Waals surface area contributed by atoms with Gasteiger partial charge in [0.25, 0.3) is 0 Å². The molecular weight excluding hydrogens is 194 g/mol. The molecular formula is C10H21N3O2. The summed E-state index contributed by atoms with van der Waals surface area (Å²) in [5.41, 5.74) is 1.56. The van der Waals surface area contributed by atoms with Gasteiger partial charge in [0.1, 0.15) is 0 Å². The average molecular weight is 215 g/mol. The molecule has 4 N–H and O–H groups in total. The lowest BCUT2D eigenvalue weighted by molar-refractivity contribution is -0.121. The molecule has 5 nitrogen and oxygen atoms in total. The summed E-state index contributed by atoms with van der Waals surface area (Å²) in [5, 5.41) is 10.1. The second-order valence-electron chi connectivity index (χ2n) is 4.49. The summed E-state index contributed by atoms with van der Waals surface area (Å²) in [4.78, 5) is 12.9. The molecule has 0 aliphatic heterocycles. The highest BCUT2D eigenvalue weighted by atomic mass is 16.3. The van der Waals surface area contributed by atoms with Crippen molar-refractivity contribution in [2.24, 2.45) is 5.84 Å². The normalized spacial score (nSPS) is 19.5. The first-order valence-electron chi connectivity index (χ1n) is 5.46.